The van der Waals surface area contributed by atoms with Gasteiger partial charge >= 0.3 is 0 Å². The van der Waals surface area contributed by atoms with Gasteiger partial charge in [-0.15, -0.1) is 0 Å². The van der Waals surface area contributed by atoms with Crippen molar-refractivity contribution in [1.29, 1.82) is 0 Å². The molecular weight excluding hydrogens is 1100 g/mol. The summed E-state index contributed by atoms with van der Waals surface area (Å²) in [5.41, 5.74) is 17.8. The lowest BCUT2D eigenvalue weighted by atomic mass is 9.84. The zero-order valence-electron chi connectivity index (χ0n) is 60.1. The Bertz CT molecular complexity index is 3080. The van der Waals surface area contributed by atoms with Gasteiger partial charge in [0.25, 0.3) is 0 Å². The maximum absolute atomic E-state index is 4.44. The molecule has 0 radical (unpaired) electrons. The van der Waals surface area contributed by atoms with Crippen LogP contribution in [0.4, 0.5) is 0 Å². The van der Waals surface area contributed by atoms with E-state index in [1.165, 1.54) is 38.7 Å². The molecule has 10 nitrogen and oxygen atoms in total. The molecule has 0 saturated carbocycles. The number of nitrogens with one attached hydrogen (secondary N) is 1. The zero-order valence-corrected chi connectivity index (χ0v) is 60.9. The van der Waals surface area contributed by atoms with Gasteiger partial charge in [-0.25, -0.2) is 4.98 Å². The van der Waals surface area contributed by atoms with Gasteiger partial charge in [0.1, 0.15) is 5.82 Å². The molecule has 0 unspecified atom stereocenters. The van der Waals surface area contributed by atoms with E-state index in [0.29, 0.717) is 0 Å². The molecule has 5 aliphatic heterocycles. The van der Waals surface area contributed by atoms with Gasteiger partial charge in [-0.3, -0.25) is 30.1 Å². The van der Waals surface area contributed by atoms with Gasteiger partial charge in [-0.1, -0.05) is 237 Å². The molecule has 0 saturated heterocycles. The van der Waals surface area contributed by atoms with Gasteiger partial charge < -0.3 is 4.57 Å². The van der Waals surface area contributed by atoms with E-state index in [1.54, 1.807) is 29.8 Å². The summed E-state index contributed by atoms with van der Waals surface area (Å²) >= 11 is 1.61. The van der Waals surface area contributed by atoms with Crippen molar-refractivity contribution in [3.05, 3.63) is 187 Å². The van der Waals surface area contributed by atoms with E-state index in [0.717, 1.165) is 83.9 Å². The van der Waals surface area contributed by atoms with Crippen molar-refractivity contribution in [2.75, 3.05) is 19.6 Å². The van der Waals surface area contributed by atoms with Crippen molar-refractivity contribution in [3.63, 3.8) is 0 Å². The SMILES string of the molecule is C=CC1=NC(C(C)(C)C)=CC1.C=CC1=NC(C(C)(C)C)=CC1.C=CC1=NCC(C(C)(C)C)=C1.C=CC1=NCC=C1C(C)(C)C.C=CC1=NCC=C1C(C)(C)C.C=Cc1cc(C(C)(C)C)[nH]n1.C=Cc1ncc(C(C)(C)C)n1C.Cc1cc(C(C)(C)C)sn1. The zero-order chi connectivity index (χ0) is 68.0. The normalized spacial score (nSPS) is 15.5. The van der Waals surface area contributed by atoms with E-state index >= 15 is 0 Å². The highest BCUT2D eigenvalue weighted by Gasteiger charge is 2.25. The molecule has 3 aromatic heterocycles. The van der Waals surface area contributed by atoms with Gasteiger partial charge in [-0.2, -0.15) is 9.47 Å². The summed E-state index contributed by atoms with van der Waals surface area (Å²) in [7, 11) is 2.02. The number of aromatic amines is 1. The molecule has 0 aromatic carbocycles. The average Bonchev–Trinajstić information content (AvgIpc) is 4.32. The first kappa shape index (κ1) is 79.3. The number of H-pyrrole nitrogens is 1. The average molecular weight is 1220 g/mol. The van der Waals surface area contributed by atoms with Crippen LogP contribution in [0.25, 0.3) is 12.2 Å². The topological polar surface area (TPSA) is 121 Å². The van der Waals surface area contributed by atoms with Gasteiger partial charge in [0.2, 0.25) is 0 Å². The molecule has 0 spiro atoms. The molecule has 0 atom stereocenters. The molecular formula is C77H118N10S. The van der Waals surface area contributed by atoms with Crippen LogP contribution in [0.15, 0.2) is 178 Å². The first-order chi connectivity index (χ1) is 40.2. The summed E-state index contributed by atoms with van der Waals surface area (Å²) in [5.74, 6) is 0.930. The first-order valence-electron chi connectivity index (χ1n) is 30.9. The molecule has 11 heteroatoms. The lowest BCUT2D eigenvalue weighted by molar-refractivity contribution is 0.499. The molecule has 5 aliphatic rings. The number of aryl methyl sites for hydroxylation is 1. The predicted octanol–water partition coefficient (Wildman–Crippen LogP) is 21.2. The Morgan fingerprint density at radius 2 is 0.966 bits per heavy atom. The predicted molar refractivity (Wildman–Crippen MR) is 395 cm³/mol. The summed E-state index contributed by atoms with van der Waals surface area (Å²) in [6.07, 6.45) is 27.3. The van der Waals surface area contributed by atoms with Crippen LogP contribution < -0.4 is 0 Å². The third-order valence-corrected chi connectivity index (χ3v) is 15.4. The van der Waals surface area contributed by atoms with Crippen molar-refractivity contribution in [2.24, 2.45) is 59.1 Å². The van der Waals surface area contributed by atoms with Crippen LogP contribution in [0.1, 0.15) is 212 Å². The third kappa shape index (κ3) is 27.3. The van der Waals surface area contributed by atoms with Gasteiger partial charge in [0.05, 0.1) is 48.2 Å². The molecule has 0 bridgehead atoms. The van der Waals surface area contributed by atoms with Crippen LogP contribution in [0.5, 0.6) is 0 Å². The van der Waals surface area contributed by atoms with E-state index < -0.39 is 0 Å². The minimum absolute atomic E-state index is 0.147. The van der Waals surface area contributed by atoms with E-state index in [-0.39, 0.29) is 43.3 Å². The smallest absolute Gasteiger partial charge is 0.131 e. The molecule has 482 valence electrons. The van der Waals surface area contributed by atoms with Crippen molar-refractivity contribution < 1.29 is 0 Å². The second-order valence-corrected chi connectivity index (χ2v) is 31.2. The number of rotatable bonds is 7. The number of aromatic nitrogens is 5. The van der Waals surface area contributed by atoms with Crippen LogP contribution in [0.3, 0.4) is 0 Å². The van der Waals surface area contributed by atoms with Crippen LogP contribution in [0.2, 0.25) is 0 Å². The second kappa shape index (κ2) is 33.7. The van der Waals surface area contributed by atoms with Crippen molar-refractivity contribution in [3.8, 4) is 0 Å². The van der Waals surface area contributed by atoms with Crippen molar-refractivity contribution >= 4 is 52.2 Å². The number of nitrogens with zero attached hydrogens (tertiary/aromatic N) is 9. The number of hydrogen-bond donors (Lipinski definition) is 1. The monoisotopic (exact) mass is 1210 g/mol. The molecule has 3 aromatic rings. The summed E-state index contributed by atoms with van der Waals surface area (Å²) < 4.78 is 6.30. The number of hydrogen-bond acceptors (Lipinski definition) is 9. The maximum Gasteiger partial charge on any atom is 0.131 e. The quantitative estimate of drug-likeness (QED) is 0.254. The maximum atomic E-state index is 4.44. The molecule has 1 N–H and O–H groups in total. The fourth-order valence-corrected chi connectivity index (χ4v) is 9.35. The fraction of sp³-hybridized carbons (Fsp3) is 0.506. The third-order valence-electron chi connectivity index (χ3n) is 14.1. The summed E-state index contributed by atoms with van der Waals surface area (Å²) in [6, 6.07) is 4.18. The van der Waals surface area contributed by atoms with Crippen LogP contribution in [-0.4, -0.2) is 72.3 Å². The highest BCUT2D eigenvalue weighted by atomic mass is 32.1. The Balaban J connectivity index is 0.000000503. The van der Waals surface area contributed by atoms with Crippen molar-refractivity contribution in [2.45, 2.75) is 202 Å². The highest BCUT2D eigenvalue weighted by Crippen LogP contribution is 2.34. The molecule has 0 amide bonds. The van der Waals surface area contributed by atoms with Crippen LogP contribution in [-0.2, 0) is 23.3 Å². The Morgan fingerprint density at radius 3 is 1.17 bits per heavy atom. The van der Waals surface area contributed by atoms with E-state index in [4.69, 9.17) is 0 Å². The first-order valence-corrected chi connectivity index (χ1v) is 31.7. The Hall–Kier alpha value is -6.72. The van der Waals surface area contributed by atoms with Crippen molar-refractivity contribution in [1.82, 2.24) is 24.1 Å². The molecule has 88 heavy (non-hydrogen) atoms. The summed E-state index contributed by atoms with van der Waals surface area (Å²) in [4.78, 5) is 27.4. The second-order valence-electron chi connectivity index (χ2n) is 30.4. The van der Waals surface area contributed by atoms with Crippen LogP contribution >= 0.6 is 11.5 Å². The minimum Gasteiger partial charge on any atom is -0.331 e. The Kier molecular flexibility index (Phi) is 30.4. The van der Waals surface area contributed by atoms with Gasteiger partial charge in [0.15, 0.2) is 0 Å². The van der Waals surface area contributed by atoms with Gasteiger partial charge in [-0.05, 0) is 118 Å². The highest BCUT2D eigenvalue weighted by molar-refractivity contribution is 7.06. The molecule has 8 heterocycles. The Morgan fingerprint density at radius 1 is 0.500 bits per heavy atom. The standard InChI is InChI=1S/C10H16N2.5C10H15N.C9H14N2.C8H13NS/c1-6-9-11-7-8(12(9)5)10(2,3)4;1-5-9-6-8(7-11-9)10(2,3)4;2*1-5-9-8(6-7-11-9)10(2,3)4;2*1-5-8-6-7-9(11-8)10(2,3)4;1-5-7-6-8(11-10-7)9(2,3)4;1-6-5-7(10-9-6)8(2,3)4/h6-7H,1H2,2-5H3;3*5-6H,1,7H2,2-4H3;2*5,7H,1,6H2,2-4H3;5-6H,1H2,2-4H3,(H,10,11);5H,1-4H3. The number of allylic oxidation sites excluding steroid dienone is 12. The lowest BCUT2D eigenvalue weighted by Gasteiger charge is -2.20. The molecule has 0 aliphatic carbocycles. The number of imidazole rings is 1. The summed E-state index contributed by atoms with van der Waals surface area (Å²) in [6.45, 7) is 82.9. The van der Waals surface area contributed by atoms with E-state index in [9.17, 15) is 0 Å². The Labute approximate surface area is 541 Å². The largest absolute Gasteiger partial charge is 0.331 e. The molecule has 0 fully saturated rings. The van der Waals surface area contributed by atoms with Gasteiger partial charge in [0, 0.05) is 86.8 Å². The fourth-order valence-electron chi connectivity index (χ4n) is 8.56. The number of aliphatic imine (C=N–C) groups is 5. The lowest BCUT2D eigenvalue weighted by Crippen LogP contribution is -2.16. The van der Waals surface area contributed by atoms with Crippen LogP contribution in [0, 0.1) is 34.0 Å². The summed E-state index contributed by atoms with van der Waals surface area (Å²) in [5, 5.41) is 7.03. The van der Waals surface area contributed by atoms with E-state index in [1.807, 2.05) is 50.5 Å². The minimum atomic E-state index is 0.147. The molecule has 8 rings (SSSR count). The van der Waals surface area contributed by atoms with E-state index in [2.05, 4.69) is 298 Å².